The molecule has 0 bridgehead atoms. The highest BCUT2D eigenvalue weighted by Gasteiger charge is 2.42. The Morgan fingerprint density at radius 3 is 2.79 bits per heavy atom. The molecule has 0 amide bonds. The number of carbonyl (C=O) groups excluding carboxylic acids is 1. The highest BCUT2D eigenvalue weighted by molar-refractivity contribution is 5.80. The summed E-state index contributed by atoms with van der Waals surface area (Å²) in [7, 11) is 1.48. The molecule has 3 unspecified atom stereocenters. The van der Waals surface area contributed by atoms with E-state index in [0.29, 0.717) is 6.04 Å². The second-order valence-corrected chi connectivity index (χ2v) is 6.23. The van der Waals surface area contributed by atoms with E-state index in [1.54, 1.807) is 0 Å². The highest BCUT2D eigenvalue weighted by Crippen LogP contribution is 2.36. The van der Waals surface area contributed by atoms with Gasteiger partial charge in [0.1, 0.15) is 5.54 Å². The minimum absolute atomic E-state index is 0.145. The summed E-state index contributed by atoms with van der Waals surface area (Å²) in [5.74, 6) is 0.714. The van der Waals surface area contributed by atoms with Crippen LogP contribution in [0.25, 0.3) is 0 Å². The van der Waals surface area contributed by atoms with E-state index in [1.807, 2.05) is 13.8 Å². The Kier molecular flexibility index (Phi) is 4.85. The number of methoxy groups -OCH3 is 1. The SMILES string of the molecule is CCNC(C)(CN1CCC2CCCCC21)C(=O)OC. The summed E-state index contributed by atoms with van der Waals surface area (Å²) in [6, 6.07) is 0.691. The zero-order valence-electron chi connectivity index (χ0n) is 12.6. The first kappa shape index (κ1) is 14.8. The molecule has 110 valence electrons. The average Bonchev–Trinajstić information content (AvgIpc) is 2.81. The first-order chi connectivity index (χ1) is 9.10. The summed E-state index contributed by atoms with van der Waals surface area (Å²) in [4.78, 5) is 14.6. The lowest BCUT2D eigenvalue weighted by molar-refractivity contribution is -0.149. The van der Waals surface area contributed by atoms with Crippen LogP contribution in [0.15, 0.2) is 0 Å². The van der Waals surface area contributed by atoms with Crippen molar-refractivity contribution in [2.24, 2.45) is 5.92 Å². The number of rotatable bonds is 5. The van der Waals surface area contributed by atoms with Crippen LogP contribution < -0.4 is 5.32 Å². The Bertz CT molecular complexity index is 321. The summed E-state index contributed by atoms with van der Waals surface area (Å²) in [6.45, 7) is 6.70. The molecule has 1 saturated carbocycles. The minimum Gasteiger partial charge on any atom is -0.468 e. The van der Waals surface area contributed by atoms with Gasteiger partial charge in [-0.25, -0.2) is 0 Å². The fourth-order valence-corrected chi connectivity index (χ4v) is 3.91. The Morgan fingerprint density at radius 2 is 2.11 bits per heavy atom. The van der Waals surface area contributed by atoms with Gasteiger partial charge in [-0.2, -0.15) is 0 Å². The van der Waals surface area contributed by atoms with E-state index in [1.165, 1.54) is 39.2 Å². The normalized spacial score (nSPS) is 30.7. The summed E-state index contributed by atoms with van der Waals surface area (Å²) in [5.41, 5.74) is -0.574. The molecule has 0 radical (unpaired) electrons. The van der Waals surface area contributed by atoms with Crippen LogP contribution in [-0.2, 0) is 9.53 Å². The van der Waals surface area contributed by atoms with Gasteiger partial charge >= 0.3 is 5.97 Å². The number of carbonyl (C=O) groups is 1. The van der Waals surface area contributed by atoms with Crippen molar-refractivity contribution in [3.8, 4) is 0 Å². The number of esters is 1. The Balaban J connectivity index is 2.03. The summed E-state index contributed by atoms with van der Waals surface area (Å²) in [6.07, 6.45) is 6.70. The van der Waals surface area contributed by atoms with Crippen molar-refractivity contribution in [1.82, 2.24) is 10.2 Å². The van der Waals surface area contributed by atoms with Crippen LogP contribution in [-0.4, -0.2) is 49.2 Å². The third kappa shape index (κ3) is 3.11. The quantitative estimate of drug-likeness (QED) is 0.772. The maximum absolute atomic E-state index is 12.1. The number of ether oxygens (including phenoxy) is 1. The van der Waals surface area contributed by atoms with Crippen LogP contribution in [0, 0.1) is 5.92 Å². The predicted octanol–water partition coefficient (Wildman–Crippen LogP) is 1.79. The molecule has 19 heavy (non-hydrogen) atoms. The van der Waals surface area contributed by atoms with Crippen LogP contribution in [0.3, 0.4) is 0 Å². The molecule has 0 aromatic rings. The third-order valence-corrected chi connectivity index (χ3v) is 4.85. The molecule has 1 aliphatic heterocycles. The van der Waals surface area contributed by atoms with Crippen molar-refractivity contribution in [2.45, 2.75) is 57.5 Å². The molecule has 1 saturated heterocycles. The van der Waals surface area contributed by atoms with Crippen LogP contribution in [0.4, 0.5) is 0 Å². The Labute approximate surface area is 116 Å². The second kappa shape index (κ2) is 6.23. The van der Waals surface area contributed by atoms with Gasteiger partial charge in [0.25, 0.3) is 0 Å². The summed E-state index contributed by atoms with van der Waals surface area (Å²) in [5, 5.41) is 3.32. The lowest BCUT2D eigenvalue weighted by atomic mass is 9.85. The van der Waals surface area contributed by atoms with E-state index in [-0.39, 0.29) is 5.97 Å². The van der Waals surface area contributed by atoms with Crippen molar-refractivity contribution in [1.29, 1.82) is 0 Å². The Morgan fingerprint density at radius 1 is 1.37 bits per heavy atom. The van der Waals surface area contributed by atoms with Crippen molar-refractivity contribution in [3.63, 3.8) is 0 Å². The van der Waals surface area contributed by atoms with Gasteiger partial charge in [0, 0.05) is 12.6 Å². The van der Waals surface area contributed by atoms with E-state index in [9.17, 15) is 4.79 Å². The molecule has 3 atom stereocenters. The van der Waals surface area contributed by atoms with Gasteiger partial charge in [0.05, 0.1) is 7.11 Å². The molecule has 1 N–H and O–H groups in total. The number of fused-ring (bicyclic) bond motifs is 1. The van der Waals surface area contributed by atoms with Crippen LogP contribution in [0.1, 0.15) is 46.0 Å². The number of nitrogens with zero attached hydrogens (tertiary/aromatic N) is 1. The second-order valence-electron chi connectivity index (χ2n) is 6.23. The van der Waals surface area contributed by atoms with Gasteiger partial charge in [0.2, 0.25) is 0 Å². The fraction of sp³-hybridized carbons (Fsp3) is 0.933. The third-order valence-electron chi connectivity index (χ3n) is 4.85. The molecule has 0 aromatic heterocycles. The monoisotopic (exact) mass is 268 g/mol. The van der Waals surface area contributed by atoms with Crippen LogP contribution >= 0.6 is 0 Å². The Hall–Kier alpha value is -0.610. The first-order valence-corrected chi connectivity index (χ1v) is 7.68. The fourth-order valence-electron chi connectivity index (χ4n) is 3.91. The van der Waals surface area contributed by atoms with Crippen molar-refractivity contribution in [3.05, 3.63) is 0 Å². The maximum Gasteiger partial charge on any atom is 0.327 e. The lowest BCUT2D eigenvalue weighted by Crippen LogP contribution is -2.58. The van der Waals surface area contributed by atoms with Crippen molar-refractivity contribution >= 4 is 5.97 Å². The number of nitrogens with one attached hydrogen (secondary N) is 1. The van der Waals surface area contributed by atoms with E-state index < -0.39 is 5.54 Å². The molecule has 0 spiro atoms. The van der Waals surface area contributed by atoms with Gasteiger partial charge in [-0.15, -0.1) is 0 Å². The van der Waals surface area contributed by atoms with E-state index >= 15 is 0 Å². The molecular weight excluding hydrogens is 240 g/mol. The number of hydrogen-bond donors (Lipinski definition) is 1. The van der Waals surface area contributed by atoms with E-state index in [0.717, 1.165) is 25.6 Å². The smallest absolute Gasteiger partial charge is 0.327 e. The van der Waals surface area contributed by atoms with Gasteiger partial charge < -0.3 is 10.1 Å². The first-order valence-electron chi connectivity index (χ1n) is 7.68. The van der Waals surface area contributed by atoms with Crippen molar-refractivity contribution in [2.75, 3.05) is 26.7 Å². The molecular formula is C15H28N2O2. The molecule has 4 nitrogen and oxygen atoms in total. The van der Waals surface area contributed by atoms with Crippen LogP contribution in [0.5, 0.6) is 0 Å². The van der Waals surface area contributed by atoms with Gasteiger partial charge in [0.15, 0.2) is 0 Å². The predicted molar refractivity (Wildman–Crippen MR) is 76.0 cm³/mol. The van der Waals surface area contributed by atoms with Gasteiger partial charge in [-0.1, -0.05) is 19.8 Å². The van der Waals surface area contributed by atoms with E-state index in [4.69, 9.17) is 4.74 Å². The topological polar surface area (TPSA) is 41.6 Å². The molecule has 2 fully saturated rings. The van der Waals surface area contributed by atoms with E-state index in [2.05, 4.69) is 10.2 Å². The molecule has 2 rings (SSSR count). The highest BCUT2D eigenvalue weighted by atomic mass is 16.5. The molecule has 2 aliphatic rings. The lowest BCUT2D eigenvalue weighted by Gasteiger charge is -2.37. The molecule has 1 heterocycles. The zero-order chi connectivity index (χ0) is 13.9. The van der Waals surface area contributed by atoms with Crippen LogP contribution in [0.2, 0.25) is 0 Å². The van der Waals surface area contributed by atoms with Crippen molar-refractivity contribution < 1.29 is 9.53 Å². The van der Waals surface area contributed by atoms with Gasteiger partial charge in [-0.05, 0) is 45.2 Å². The summed E-state index contributed by atoms with van der Waals surface area (Å²) >= 11 is 0. The molecule has 4 heteroatoms. The minimum atomic E-state index is -0.574. The summed E-state index contributed by atoms with van der Waals surface area (Å²) < 4.78 is 4.99. The number of hydrogen-bond acceptors (Lipinski definition) is 4. The van der Waals surface area contributed by atoms with Gasteiger partial charge in [-0.3, -0.25) is 9.69 Å². The average molecular weight is 268 g/mol. The molecule has 0 aromatic carbocycles. The largest absolute Gasteiger partial charge is 0.468 e. The zero-order valence-corrected chi connectivity index (χ0v) is 12.6. The maximum atomic E-state index is 12.1. The molecule has 1 aliphatic carbocycles. The number of likely N-dealkylation sites (N-methyl/N-ethyl adjacent to an activating group) is 1. The number of likely N-dealkylation sites (tertiary alicyclic amines) is 1. The standard InChI is InChI=1S/C15H28N2O2/c1-4-16-15(2,14(18)19-3)11-17-10-9-12-7-5-6-8-13(12)17/h12-13,16H,4-11H2,1-3H3.